The molecule has 0 saturated heterocycles. The van der Waals surface area contributed by atoms with Crippen LogP contribution in [-0.2, 0) is 17.8 Å². The van der Waals surface area contributed by atoms with Crippen molar-refractivity contribution in [2.24, 2.45) is 5.92 Å². The molecule has 0 heterocycles. The first-order chi connectivity index (χ1) is 18.5. The fraction of sp³-hybridized carbons (Fsp3) is 0.344. The number of hydrogen-bond donors (Lipinski definition) is 3. The molecule has 0 aliphatic carbocycles. The number of ether oxygens (including phenoxy) is 1. The molecule has 3 aromatic rings. The fourth-order valence-electron chi connectivity index (χ4n) is 4.62. The van der Waals surface area contributed by atoms with Crippen molar-refractivity contribution < 1.29 is 24.2 Å². The van der Waals surface area contributed by atoms with Crippen molar-refractivity contribution in [3.63, 3.8) is 0 Å². The Morgan fingerprint density at radius 1 is 0.923 bits per heavy atom. The van der Waals surface area contributed by atoms with E-state index in [1.165, 1.54) is 0 Å². The van der Waals surface area contributed by atoms with Crippen molar-refractivity contribution in [1.82, 2.24) is 10.6 Å². The molecular weight excluding hydrogens is 492 g/mol. The molecule has 0 fully saturated rings. The minimum Gasteiger partial charge on any atom is -0.489 e. The van der Waals surface area contributed by atoms with Gasteiger partial charge in [0.15, 0.2) is 0 Å². The number of nitrogens with one attached hydrogen (secondary N) is 2. The number of amides is 2. The van der Waals surface area contributed by atoms with Crippen LogP contribution >= 0.6 is 0 Å². The summed E-state index contributed by atoms with van der Waals surface area (Å²) in [5.41, 5.74) is 5.68. The Bertz CT molecular complexity index is 1310. The van der Waals surface area contributed by atoms with Gasteiger partial charge in [-0.15, -0.1) is 0 Å². The first-order valence-corrected chi connectivity index (χ1v) is 13.2. The molecule has 7 heteroatoms. The molecule has 1 unspecified atom stereocenters. The van der Waals surface area contributed by atoms with Crippen LogP contribution in [0.5, 0.6) is 5.75 Å². The molecule has 0 aliphatic heterocycles. The maximum atomic E-state index is 13.7. The van der Waals surface area contributed by atoms with Crippen LogP contribution in [0.15, 0.2) is 60.7 Å². The summed E-state index contributed by atoms with van der Waals surface area (Å²) in [5.74, 6) is -0.486. The lowest BCUT2D eigenvalue weighted by Crippen LogP contribution is -2.30. The first kappa shape index (κ1) is 29.4. The summed E-state index contributed by atoms with van der Waals surface area (Å²) in [6.45, 7) is 8.52. The van der Waals surface area contributed by atoms with Crippen molar-refractivity contribution in [3.05, 3.63) is 99.6 Å². The Labute approximate surface area is 230 Å². The van der Waals surface area contributed by atoms with Gasteiger partial charge in [0.1, 0.15) is 12.4 Å². The van der Waals surface area contributed by atoms with Gasteiger partial charge in [-0.1, -0.05) is 61.4 Å². The van der Waals surface area contributed by atoms with Gasteiger partial charge in [-0.3, -0.25) is 14.4 Å². The summed E-state index contributed by atoms with van der Waals surface area (Å²) in [4.78, 5) is 36.9. The number of hydrogen-bond acceptors (Lipinski definition) is 4. The number of carboxylic acid groups (broad SMARTS) is 1. The van der Waals surface area contributed by atoms with Gasteiger partial charge in [0, 0.05) is 24.6 Å². The number of carbonyl (C=O) groups excluding carboxylic acids is 2. The number of aryl methyl sites for hydroxylation is 3. The monoisotopic (exact) mass is 530 g/mol. The molecular formula is C32H38N2O5. The second-order valence-corrected chi connectivity index (χ2v) is 10.4. The van der Waals surface area contributed by atoms with Crippen molar-refractivity contribution in [2.75, 3.05) is 7.05 Å². The Balaban J connectivity index is 1.88. The van der Waals surface area contributed by atoms with Crippen LogP contribution in [-0.4, -0.2) is 29.9 Å². The zero-order valence-electron chi connectivity index (χ0n) is 23.3. The second-order valence-electron chi connectivity index (χ2n) is 10.4. The highest BCUT2D eigenvalue weighted by Crippen LogP contribution is 2.25. The first-order valence-electron chi connectivity index (χ1n) is 13.2. The van der Waals surface area contributed by atoms with Gasteiger partial charge >= 0.3 is 5.97 Å². The van der Waals surface area contributed by atoms with Crippen LogP contribution in [0.3, 0.4) is 0 Å². The Hall–Kier alpha value is -4.13. The molecule has 1 atom stereocenters. The molecule has 0 aromatic heterocycles. The molecule has 2 amide bonds. The minimum absolute atomic E-state index is 0.0745. The normalized spacial score (nSPS) is 11.6. The standard InChI is InChI=1S/C32H38N2O5/c1-20(2)13-29(26-15-21(3)14-22(4)16-26)34-32(38)28-17-23(9-10-24(28)11-12-30(35)36)19-39-27-8-6-7-25(18-27)31(37)33-5/h6-10,14-18,20,29H,11-13,19H2,1-5H3,(H,33,37)(H,34,38)(H,35,36). The number of benzene rings is 3. The summed E-state index contributed by atoms with van der Waals surface area (Å²) in [6.07, 6.45) is 0.935. The van der Waals surface area contributed by atoms with E-state index >= 15 is 0 Å². The quantitative estimate of drug-likeness (QED) is 0.275. The van der Waals surface area contributed by atoms with Gasteiger partial charge in [0.05, 0.1) is 6.04 Å². The van der Waals surface area contributed by atoms with Crippen LogP contribution < -0.4 is 15.4 Å². The van der Waals surface area contributed by atoms with Gasteiger partial charge < -0.3 is 20.5 Å². The molecule has 3 aromatic carbocycles. The molecule has 0 bridgehead atoms. The van der Waals surface area contributed by atoms with E-state index in [2.05, 4.69) is 42.7 Å². The van der Waals surface area contributed by atoms with E-state index in [-0.39, 0.29) is 37.3 Å². The van der Waals surface area contributed by atoms with Crippen LogP contribution in [0.25, 0.3) is 0 Å². The topological polar surface area (TPSA) is 105 Å². The van der Waals surface area contributed by atoms with Gasteiger partial charge in [-0.25, -0.2) is 0 Å². The molecule has 0 radical (unpaired) electrons. The third-order valence-electron chi connectivity index (χ3n) is 6.41. The lowest BCUT2D eigenvalue weighted by atomic mass is 9.93. The molecule has 206 valence electrons. The highest BCUT2D eigenvalue weighted by molar-refractivity contribution is 5.96. The summed E-state index contributed by atoms with van der Waals surface area (Å²) in [7, 11) is 1.57. The van der Waals surface area contributed by atoms with E-state index in [9.17, 15) is 19.5 Å². The van der Waals surface area contributed by atoms with Crippen LogP contribution in [0.2, 0.25) is 0 Å². The smallest absolute Gasteiger partial charge is 0.303 e. The van der Waals surface area contributed by atoms with Crippen molar-refractivity contribution in [1.29, 1.82) is 0 Å². The van der Waals surface area contributed by atoms with Crippen molar-refractivity contribution in [3.8, 4) is 5.75 Å². The SMILES string of the molecule is CNC(=O)c1cccc(OCc2ccc(CCC(=O)O)c(C(=O)NC(CC(C)C)c3cc(C)cc(C)c3)c2)c1. The van der Waals surface area contributed by atoms with E-state index in [1.54, 1.807) is 43.4 Å². The van der Waals surface area contributed by atoms with Crippen molar-refractivity contribution >= 4 is 17.8 Å². The van der Waals surface area contributed by atoms with Crippen molar-refractivity contribution in [2.45, 2.75) is 59.6 Å². The predicted molar refractivity (Wildman–Crippen MR) is 152 cm³/mol. The van der Waals surface area contributed by atoms with E-state index in [0.717, 1.165) is 28.7 Å². The number of carboxylic acids is 1. The minimum atomic E-state index is -0.919. The third kappa shape index (κ3) is 8.70. The van der Waals surface area contributed by atoms with Gasteiger partial charge in [-0.2, -0.15) is 0 Å². The molecule has 0 saturated carbocycles. The van der Waals surface area contributed by atoms with Crippen LogP contribution in [0.1, 0.15) is 81.3 Å². The average molecular weight is 531 g/mol. The molecule has 7 nitrogen and oxygen atoms in total. The summed E-state index contributed by atoms with van der Waals surface area (Å²) >= 11 is 0. The lowest BCUT2D eigenvalue weighted by Gasteiger charge is -2.23. The van der Waals surface area contributed by atoms with E-state index in [1.807, 2.05) is 19.9 Å². The molecule has 0 spiro atoms. The van der Waals surface area contributed by atoms with Gasteiger partial charge in [0.2, 0.25) is 0 Å². The highest BCUT2D eigenvalue weighted by Gasteiger charge is 2.21. The number of carbonyl (C=O) groups is 3. The lowest BCUT2D eigenvalue weighted by molar-refractivity contribution is -0.136. The van der Waals surface area contributed by atoms with Crippen LogP contribution in [0.4, 0.5) is 0 Å². The Morgan fingerprint density at radius 2 is 1.64 bits per heavy atom. The average Bonchev–Trinajstić information content (AvgIpc) is 2.89. The molecule has 0 aliphatic rings. The van der Waals surface area contributed by atoms with E-state index < -0.39 is 5.97 Å². The van der Waals surface area contributed by atoms with E-state index in [0.29, 0.717) is 28.4 Å². The summed E-state index contributed by atoms with van der Waals surface area (Å²) in [5, 5.41) is 15.1. The number of rotatable bonds is 12. The third-order valence-corrected chi connectivity index (χ3v) is 6.41. The Kier molecular flexibility index (Phi) is 10.3. The molecule has 39 heavy (non-hydrogen) atoms. The zero-order chi connectivity index (χ0) is 28.5. The second kappa shape index (κ2) is 13.6. The maximum absolute atomic E-state index is 13.7. The zero-order valence-corrected chi connectivity index (χ0v) is 23.3. The van der Waals surface area contributed by atoms with Gasteiger partial charge in [-0.05, 0) is 73.6 Å². The van der Waals surface area contributed by atoms with E-state index in [4.69, 9.17) is 4.74 Å². The molecule has 3 N–H and O–H groups in total. The Morgan fingerprint density at radius 3 is 2.28 bits per heavy atom. The summed E-state index contributed by atoms with van der Waals surface area (Å²) in [6, 6.07) is 18.4. The highest BCUT2D eigenvalue weighted by atomic mass is 16.5. The number of aliphatic carboxylic acids is 1. The van der Waals surface area contributed by atoms with Crippen LogP contribution in [0, 0.1) is 19.8 Å². The molecule has 3 rings (SSSR count). The maximum Gasteiger partial charge on any atom is 0.303 e. The van der Waals surface area contributed by atoms with Gasteiger partial charge in [0.25, 0.3) is 11.8 Å². The largest absolute Gasteiger partial charge is 0.489 e. The fourth-order valence-corrected chi connectivity index (χ4v) is 4.62. The predicted octanol–water partition coefficient (Wildman–Crippen LogP) is 5.78. The summed E-state index contributed by atoms with van der Waals surface area (Å²) < 4.78 is 5.92.